The van der Waals surface area contributed by atoms with Crippen LogP contribution in [0.1, 0.15) is 33.8 Å². The van der Waals surface area contributed by atoms with Crippen LogP contribution in [0.5, 0.6) is 0 Å². The molecule has 7 nitrogen and oxygen atoms in total. The molecule has 2 aromatic rings. The summed E-state index contributed by atoms with van der Waals surface area (Å²) in [7, 11) is 0. The lowest BCUT2D eigenvalue weighted by Crippen LogP contribution is -2.47. The second kappa shape index (κ2) is 6.35. The number of benzene rings is 1. The molecule has 1 aromatic carbocycles. The molecule has 1 saturated heterocycles. The van der Waals surface area contributed by atoms with Gasteiger partial charge in [0.1, 0.15) is 5.76 Å². The van der Waals surface area contributed by atoms with Crippen LogP contribution in [0.15, 0.2) is 28.8 Å². The van der Waals surface area contributed by atoms with Crippen molar-refractivity contribution in [1.82, 2.24) is 15.2 Å². The Hall–Kier alpha value is -2.83. The number of rotatable bonds is 2. The molecule has 3 amide bonds. The number of amides is 3. The lowest BCUT2D eigenvalue weighted by atomic mass is 10.1. The first-order valence-electron chi connectivity index (χ1n) is 7.87. The Bertz CT molecular complexity index is 764. The fraction of sp³-hybridized carbons (Fsp3) is 0.353. The number of hydrazine groups is 1. The van der Waals surface area contributed by atoms with Crippen LogP contribution in [0, 0.1) is 20.8 Å². The predicted octanol–water partition coefficient (Wildman–Crippen LogP) is 2.89. The van der Waals surface area contributed by atoms with E-state index in [9.17, 15) is 9.59 Å². The van der Waals surface area contributed by atoms with Crippen LogP contribution in [-0.2, 0) is 0 Å². The zero-order valence-corrected chi connectivity index (χ0v) is 14.0. The quantitative estimate of drug-likeness (QED) is 0.919. The van der Waals surface area contributed by atoms with Crippen molar-refractivity contribution < 1.29 is 14.1 Å². The Kier molecular flexibility index (Phi) is 4.24. The van der Waals surface area contributed by atoms with E-state index in [4.69, 9.17) is 4.52 Å². The number of nitrogens with zero attached hydrogens (tertiary/aromatic N) is 3. The fourth-order valence-corrected chi connectivity index (χ4v) is 2.82. The zero-order valence-electron chi connectivity index (χ0n) is 14.0. The van der Waals surface area contributed by atoms with Gasteiger partial charge in [-0.05, 0) is 38.3 Å². The molecule has 0 radical (unpaired) electrons. The van der Waals surface area contributed by atoms with Crippen molar-refractivity contribution in [2.24, 2.45) is 0 Å². The molecule has 126 valence electrons. The lowest BCUT2D eigenvalue weighted by Gasteiger charge is -2.27. The summed E-state index contributed by atoms with van der Waals surface area (Å²) in [6, 6.07) is 7.07. The van der Waals surface area contributed by atoms with Gasteiger partial charge < -0.3 is 9.84 Å². The zero-order chi connectivity index (χ0) is 17.3. The van der Waals surface area contributed by atoms with Crippen molar-refractivity contribution in [2.45, 2.75) is 27.2 Å². The highest BCUT2D eigenvalue weighted by atomic mass is 16.5. The first-order valence-corrected chi connectivity index (χ1v) is 7.87. The number of para-hydroxylation sites is 1. The van der Waals surface area contributed by atoms with Gasteiger partial charge in [-0.15, -0.1) is 0 Å². The molecule has 0 atom stereocenters. The summed E-state index contributed by atoms with van der Waals surface area (Å²) in [6.45, 7) is 6.56. The molecule has 7 heteroatoms. The number of nitrogens with one attached hydrogen (secondary N) is 1. The number of hydrogen-bond donors (Lipinski definition) is 1. The van der Waals surface area contributed by atoms with Crippen LogP contribution in [0.25, 0.3) is 0 Å². The van der Waals surface area contributed by atoms with Gasteiger partial charge in [-0.25, -0.2) is 14.8 Å². The first kappa shape index (κ1) is 16.0. The molecule has 1 aliphatic heterocycles. The van der Waals surface area contributed by atoms with Gasteiger partial charge in [0.05, 0.1) is 0 Å². The number of carbonyl (C=O) groups is 2. The summed E-state index contributed by atoms with van der Waals surface area (Å²) < 4.78 is 4.95. The molecule has 1 aliphatic rings. The fourth-order valence-electron chi connectivity index (χ4n) is 2.82. The Balaban J connectivity index is 1.78. The van der Waals surface area contributed by atoms with Gasteiger partial charge in [-0.1, -0.05) is 23.4 Å². The first-order chi connectivity index (χ1) is 11.5. The highest BCUT2D eigenvalue weighted by Crippen LogP contribution is 2.22. The molecule has 24 heavy (non-hydrogen) atoms. The Morgan fingerprint density at radius 2 is 1.79 bits per heavy atom. The molecule has 2 heterocycles. The summed E-state index contributed by atoms with van der Waals surface area (Å²) in [6.07, 6.45) is 0.725. The van der Waals surface area contributed by atoms with E-state index in [1.807, 2.05) is 32.0 Å². The normalized spacial score (nSPS) is 14.1. The molecule has 0 aliphatic carbocycles. The number of urea groups is 1. The van der Waals surface area contributed by atoms with Crippen LogP contribution in [-0.4, -0.2) is 40.2 Å². The van der Waals surface area contributed by atoms with E-state index in [0.717, 1.165) is 23.2 Å². The van der Waals surface area contributed by atoms with Gasteiger partial charge in [0.25, 0.3) is 5.91 Å². The summed E-state index contributed by atoms with van der Waals surface area (Å²) in [5, 5.41) is 9.50. The minimum Gasteiger partial charge on any atom is -0.361 e. The number of anilines is 1. The maximum Gasteiger partial charge on any atom is 0.340 e. The van der Waals surface area contributed by atoms with E-state index in [0.29, 0.717) is 18.8 Å². The van der Waals surface area contributed by atoms with Crippen molar-refractivity contribution in [1.29, 1.82) is 0 Å². The number of aromatic nitrogens is 1. The average Bonchev–Trinajstić information content (AvgIpc) is 3.19. The van der Waals surface area contributed by atoms with Crippen molar-refractivity contribution in [3.63, 3.8) is 0 Å². The Morgan fingerprint density at radius 3 is 2.42 bits per heavy atom. The van der Waals surface area contributed by atoms with Crippen LogP contribution in [0.2, 0.25) is 0 Å². The minimum absolute atomic E-state index is 0.208. The molecule has 0 spiro atoms. The minimum atomic E-state index is -0.332. The third-order valence-corrected chi connectivity index (χ3v) is 4.06. The van der Waals surface area contributed by atoms with Gasteiger partial charge in [0.2, 0.25) is 0 Å². The maximum absolute atomic E-state index is 12.6. The van der Waals surface area contributed by atoms with E-state index < -0.39 is 0 Å². The smallest absolute Gasteiger partial charge is 0.340 e. The monoisotopic (exact) mass is 328 g/mol. The number of carbonyl (C=O) groups excluding carboxylic acids is 2. The van der Waals surface area contributed by atoms with Crippen molar-refractivity contribution in [2.75, 3.05) is 18.4 Å². The Morgan fingerprint density at radius 1 is 1.12 bits per heavy atom. The van der Waals surface area contributed by atoms with E-state index in [1.165, 1.54) is 10.0 Å². The summed E-state index contributed by atoms with van der Waals surface area (Å²) in [5.41, 5.74) is 2.94. The summed E-state index contributed by atoms with van der Waals surface area (Å²) in [5.74, 6) is 0.227. The van der Waals surface area contributed by atoms with E-state index in [1.54, 1.807) is 13.0 Å². The van der Waals surface area contributed by atoms with Gasteiger partial charge in [0.15, 0.2) is 5.69 Å². The third kappa shape index (κ3) is 2.97. The SMILES string of the molecule is Cc1cc(C(=O)N2CCCN2C(=O)Nc2c(C)cccc2C)no1. The molecular weight excluding hydrogens is 308 g/mol. The van der Waals surface area contributed by atoms with Crippen molar-refractivity contribution in [3.05, 3.63) is 46.8 Å². The van der Waals surface area contributed by atoms with Gasteiger partial charge >= 0.3 is 6.03 Å². The van der Waals surface area contributed by atoms with Gasteiger partial charge in [0, 0.05) is 24.8 Å². The number of hydrogen-bond acceptors (Lipinski definition) is 4. The molecule has 0 saturated carbocycles. The summed E-state index contributed by atoms with van der Waals surface area (Å²) >= 11 is 0. The lowest BCUT2D eigenvalue weighted by molar-refractivity contribution is 0.0394. The van der Waals surface area contributed by atoms with Crippen LogP contribution in [0.4, 0.5) is 10.5 Å². The topological polar surface area (TPSA) is 78.7 Å². The maximum atomic E-state index is 12.6. The highest BCUT2D eigenvalue weighted by Gasteiger charge is 2.33. The second-order valence-electron chi connectivity index (χ2n) is 5.92. The number of aryl methyl sites for hydroxylation is 3. The van der Waals surface area contributed by atoms with Crippen LogP contribution < -0.4 is 5.32 Å². The van der Waals surface area contributed by atoms with Gasteiger partial charge in [-0.2, -0.15) is 0 Å². The van der Waals surface area contributed by atoms with Crippen LogP contribution in [0.3, 0.4) is 0 Å². The Labute approximate surface area is 140 Å². The van der Waals surface area contributed by atoms with E-state index >= 15 is 0 Å². The third-order valence-electron chi connectivity index (χ3n) is 4.06. The molecule has 1 N–H and O–H groups in total. The molecule has 1 aromatic heterocycles. The second-order valence-corrected chi connectivity index (χ2v) is 5.92. The molecular formula is C17H20N4O3. The molecule has 0 bridgehead atoms. The van der Waals surface area contributed by atoms with Crippen molar-refractivity contribution in [3.8, 4) is 0 Å². The predicted molar refractivity (Wildman–Crippen MR) is 88.5 cm³/mol. The highest BCUT2D eigenvalue weighted by molar-refractivity contribution is 5.96. The molecule has 1 fully saturated rings. The van der Waals surface area contributed by atoms with E-state index in [2.05, 4.69) is 10.5 Å². The average molecular weight is 328 g/mol. The summed E-state index contributed by atoms with van der Waals surface area (Å²) in [4.78, 5) is 25.2. The van der Waals surface area contributed by atoms with Crippen LogP contribution >= 0.6 is 0 Å². The van der Waals surface area contributed by atoms with Crippen molar-refractivity contribution >= 4 is 17.6 Å². The van der Waals surface area contributed by atoms with Gasteiger partial charge in [-0.3, -0.25) is 4.79 Å². The largest absolute Gasteiger partial charge is 0.361 e. The molecule has 0 unspecified atom stereocenters. The standard InChI is InChI=1S/C17H20N4O3/c1-11-6-4-7-12(2)15(11)18-17(23)21-9-5-8-20(21)16(22)14-10-13(3)24-19-14/h4,6-7,10H,5,8-9H2,1-3H3,(H,18,23). The molecule has 3 rings (SSSR count). The van der Waals surface area contributed by atoms with E-state index in [-0.39, 0.29) is 17.6 Å².